The molecule has 0 saturated carbocycles. The second-order valence-corrected chi connectivity index (χ2v) is 27.3. The van der Waals surface area contributed by atoms with Gasteiger partial charge in [-0.1, -0.05) is 211 Å². The molecule has 5 heterocycles. The van der Waals surface area contributed by atoms with Crippen molar-refractivity contribution in [2.45, 2.75) is 52.4 Å². The van der Waals surface area contributed by atoms with E-state index in [1.54, 1.807) is 0 Å². The minimum Gasteiger partial charge on any atom is -0.311 e. The summed E-state index contributed by atoms with van der Waals surface area (Å²) in [7, 11) is 0. The van der Waals surface area contributed by atoms with E-state index in [0.717, 1.165) is 79.3 Å². The zero-order chi connectivity index (χ0) is 62.4. The number of hydrogen-bond acceptors (Lipinski definition) is 3. The fourth-order valence-electron chi connectivity index (χ4n) is 15.7. The molecule has 13 aromatic carbocycles. The second-order valence-electron chi connectivity index (χ2n) is 27.3. The summed E-state index contributed by atoms with van der Waals surface area (Å²) in [5, 5.41) is 7.30. The highest BCUT2D eigenvalue weighted by Gasteiger charge is 2.44. The quantitative estimate of drug-likeness (QED) is 0.142. The standard InChI is InChI=1S/C86H67BN6/c1-85(2,3)56-42-46-62(47-43-56)88(63-48-44-57(45-49-63)86(4,5)6)64-50-52-69-76(54-64)89(58-26-11-7-12-27-58)74-40-25-41-75-81(74)87(69)70-53-51-65(55-77(70)90(75)59-28-13-8-14-29-59)93-73-39-24-21-36-68(73)80-83-78(66-34-19-22-37-71(66)91(83)60-30-15-9-16-31-60)82-79(84(80)93)67-35-20-23-38-72(67)92(82)61-32-17-10-18-33-61/h7-55H,1-6H3. The van der Waals surface area contributed by atoms with Crippen molar-refractivity contribution < 1.29 is 0 Å². The molecule has 3 aromatic heterocycles. The molecule has 0 atom stereocenters. The summed E-state index contributed by atoms with van der Waals surface area (Å²) >= 11 is 0. The van der Waals surface area contributed by atoms with Gasteiger partial charge in [-0.3, -0.25) is 0 Å². The average Bonchev–Trinajstić information content (AvgIpc) is 1.61. The van der Waals surface area contributed by atoms with E-state index >= 15 is 0 Å². The molecule has 93 heavy (non-hydrogen) atoms. The van der Waals surface area contributed by atoms with Crippen molar-refractivity contribution in [1.29, 1.82) is 0 Å². The van der Waals surface area contributed by atoms with Gasteiger partial charge in [-0.05, 0) is 166 Å². The number of rotatable bonds is 8. The van der Waals surface area contributed by atoms with Crippen LogP contribution in [0.4, 0.5) is 51.2 Å². The van der Waals surface area contributed by atoms with Crippen LogP contribution in [0.25, 0.3) is 82.5 Å². The Kier molecular flexibility index (Phi) is 12.1. The Labute approximate surface area is 542 Å². The number of nitrogens with zero attached hydrogens (tertiary/aromatic N) is 6. The lowest BCUT2D eigenvalue weighted by molar-refractivity contribution is 0.590. The van der Waals surface area contributed by atoms with Crippen LogP contribution in [0.15, 0.2) is 297 Å². The average molecular weight is 1200 g/mol. The Bertz CT molecular complexity index is 5510. The third kappa shape index (κ3) is 8.29. The van der Waals surface area contributed by atoms with Crippen LogP contribution >= 0.6 is 0 Å². The van der Waals surface area contributed by atoms with Crippen molar-refractivity contribution in [1.82, 2.24) is 13.7 Å². The van der Waals surface area contributed by atoms with Crippen molar-refractivity contribution >= 4 is 140 Å². The second kappa shape index (κ2) is 20.6. The van der Waals surface area contributed by atoms with Crippen molar-refractivity contribution in [3.05, 3.63) is 308 Å². The summed E-state index contributed by atoms with van der Waals surface area (Å²) in [4.78, 5) is 7.50. The van der Waals surface area contributed by atoms with Crippen LogP contribution in [0.5, 0.6) is 0 Å². The fourth-order valence-corrected chi connectivity index (χ4v) is 15.7. The molecule has 0 radical (unpaired) electrons. The van der Waals surface area contributed by atoms with Crippen LogP contribution < -0.4 is 31.1 Å². The Balaban J connectivity index is 0.928. The van der Waals surface area contributed by atoms with Crippen molar-refractivity contribution in [3.63, 3.8) is 0 Å². The first-order chi connectivity index (χ1) is 45.5. The van der Waals surface area contributed by atoms with E-state index in [0.29, 0.717) is 0 Å². The molecule has 0 bridgehead atoms. The van der Waals surface area contributed by atoms with Gasteiger partial charge in [0.1, 0.15) is 0 Å². The number of aromatic nitrogens is 3. The monoisotopic (exact) mass is 1190 g/mol. The summed E-state index contributed by atoms with van der Waals surface area (Å²) in [6.07, 6.45) is 0. The topological polar surface area (TPSA) is 24.5 Å². The predicted octanol–water partition coefficient (Wildman–Crippen LogP) is 21.1. The van der Waals surface area contributed by atoms with Gasteiger partial charge in [-0.15, -0.1) is 0 Å². The number of benzene rings is 13. The number of hydrogen-bond donors (Lipinski definition) is 0. The maximum absolute atomic E-state index is 2.60. The Morgan fingerprint density at radius 3 is 1.03 bits per heavy atom. The van der Waals surface area contributed by atoms with Gasteiger partial charge < -0.3 is 28.4 Å². The lowest BCUT2D eigenvalue weighted by atomic mass is 9.33. The normalized spacial score (nSPS) is 13.0. The van der Waals surface area contributed by atoms with Gasteiger partial charge in [-0.2, -0.15) is 0 Å². The molecule has 0 amide bonds. The summed E-state index contributed by atoms with van der Waals surface area (Å²) in [5.41, 5.74) is 26.9. The SMILES string of the molecule is CC(C)(C)c1ccc(N(c2ccc(C(C)(C)C)cc2)c2ccc3c(c2)N(c2ccccc2)c2cccc4c2B3c2ccc(-n3c5ccccc5c5c6c(c7ccccc7n6-c6ccccc6)c6c(c7ccccc7n6-c6ccccc6)c53)cc2N4c2ccccc2)cc1. The van der Waals surface area contributed by atoms with E-state index in [9.17, 15) is 0 Å². The van der Waals surface area contributed by atoms with Gasteiger partial charge in [0.2, 0.25) is 0 Å². The smallest absolute Gasteiger partial charge is 0.252 e. The van der Waals surface area contributed by atoms with Crippen LogP contribution in [0.1, 0.15) is 52.7 Å². The predicted molar refractivity (Wildman–Crippen MR) is 396 cm³/mol. The van der Waals surface area contributed by atoms with E-state index in [-0.39, 0.29) is 17.5 Å². The van der Waals surface area contributed by atoms with E-state index in [2.05, 4.69) is 367 Å². The first-order valence-electron chi connectivity index (χ1n) is 32.6. The third-order valence-electron chi connectivity index (χ3n) is 19.9. The summed E-state index contributed by atoms with van der Waals surface area (Å²) in [6.45, 7) is 13.6. The molecule has 2 aliphatic rings. The van der Waals surface area contributed by atoms with Gasteiger partial charge in [-0.25, -0.2) is 0 Å². The van der Waals surface area contributed by atoms with Gasteiger partial charge in [0.15, 0.2) is 0 Å². The van der Waals surface area contributed by atoms with Crippen LogP contribution in [-0.2, 0) is 10.8 Å². The van der Waals surface area contributed by atoms with Crippen molar-refractivity contribution in [2.75, 3.05) is 14.7 Å². The minimum absolute atomic E-state index is 0.0110. The summed E-state index contributed by atoms with van der Waals surface area (Å²) < 4.78 is 7.67. The maximum atomic E-state index is 2.60. The highest BCUT2D eigenvalue weighted by molar-refractivity contribution is 7.00. The van der Waals surface area contributed by atoms with Crippen molar-refractivity contribution in [3.8, 4) is 17.1 Å². The molecule has 0 fully saturated rings. The molecule has 0 spiro atoms. The molecular formula is C86H67BN6. The van der Waals surface area contributed by atoms with E-state index in [1.807, 2.05) is 0 Å². The third-order valence-corrected chi connectivity index (χ3v) is 19.9. The minimum atomic E-state index is -0.121. The van der Waals surface area contributed by atoms with E-state index in [1.165, 1.54) is 81.9 Å². The fraction of sp³-hybridized carbons (Fsp3) is 0.0930. The maximum Gasteiger partial charge on any atom is 0.252 e. The molecule has 2 aliphatic heterocycles. The Hall–Kier alpha value is -11.3. The molecule has 16 aromatic rings. The zero-order valence-corrected chi connectivity index (χ0v) is 53.1. The molecule has 18 rings (SSSR count). The van der Waals surface area contributed by atoms with E-state index in [4.69, 9.17) is 0 Å². The largest absolute Gasteiger partial charge is 0.311 e. The van der Waals surface area contributed by atoms with Crippen molar-refractivity contribution in [2.24, 2.45) is 0 Å². The molecule has 0 unspecified atom stereocenters. The number of fused-ring (bicyclic) bond motifs is 16. The lowest BCUT2D eigenvalue weighted by Crippen LogP contribution is -2.61. The van der Waals surface area contributed by atoms with Crippen LogP contribution in [0.3, 0.4) is 0 Å². The Morgan fingerprint density at radius 2 is 0.624 bits per heavy atom. The molecule has 0 N–H and O–H groups in total. The van der Waals surface area contributed by atoms with Crippen LogP contribution in [-0.4, -0.2) is 20.4 Å². The summed E-state index contributed by atoms with van der Waals surface area (Å²) in [5.74, 6) is 0. The van der Waals surface area contributed by atoms with Gasteiger partial charge in [0.05, 0.1) is 33.1 Å². The highest BCUT2D eigenvalue weighted by Crippen LogP contribution is 2.52. The molecule has 444 valence electrons. The first-order valence-corrected chi connectivity index (χ1v) is 32.6. The van der Waals surface area contributed by atoms with Gasteiger partial charge in [0.25, 0.3) is 6.71 Å². The lowest BCUT2D eigenvalue weighted by Gasteiger charge is -2.44. The van der Waals surface area contributed by atoms with E-state index < -0.39 is 0 Å². The molecule has 7 heteroatoms. The zero-order valence-electron chi connectivity index (χ0n) is 53.1. The van der Waals surface area contributed by atoms with Gasteiger partial charge in [0, 0.05) is 101 Å². The summed E-state index contributed by atoms with van der Waals surface area (Å²) in [6, 6.07) is 111. The number of para-hydroxylation sites is 7. The Morgan fingerprint density at radius 1 is 0.280 bits per heavy atom. The molecule has 6 nitrogen and oxygen atoms in total. The van der Waals surface area contributed by atoms with Crippen LogP contribution in [0.2, 0.25) is 0 Å². The first kappa shape index (κ1) is 54.6. The molecular weight excluding hydrogens is 1130 g/mol. The highest BCUT2D eigenvalue weighted by atomic mass is 15.2. The molecule has 0 saturated heterocycles. The number of anilines is 9. The molecule has 0 aliphatic carbocycles. The van der Waals surface area contributed by atoms with Crippen LogP contribution in [0, 0.1) is 0 Å². The van der Waals surface area contributed by atoms with Gasteiger partial charge >= 0.3 is 0 Å².